The second-order valence-corrected chi connectivity index (χ2v) is 7.59. The van der Waals surface area contributed by atoms with Crippen molar-refractivity contribution in [1.82, 2.24) is 19.9 Å². The van der Waals surface area contributed by atoms with Gasteiger partial charge in [0.1, 0.15) is 5.69 Å². The SMILES string of the molecule is Cl.c1ccc(CN2C[C@H]3CCCc4c(-c5ccccc5)nnn4[C@H]3C2)cc1. The van der Waals surface area contributed by atoms with Gasteiger partial charge in [-0.15, -0.1) is 17.5 Å². The van der Waals surface area contributed by atoms with Gasteiger partial charge < -0.3 is 0 Å². The highest BCUT2D eigenvalue weighted by Crippen LogP contribution is 2.37. The van der Waals surface area contributed by atoms with Gasteiger partial charge in [0, 0.05) is 25.2 Å². The molecule has 0 unspecified atom stereocenters. The van der Waals surface area contributed by atoms with Crippen LogP contribution >= 0.6 is 12.4 Å². The van der Waals surface area contributed by atoms with Gasteiger partial charge in [-0.2, -0.15) is 0 Å². The first-order valence-corrected chi connectivity index (χ1v) is 9.64. The molecular formula is C22H25ClN4. The molecule has 0 aliphatic carbocycles. The van der Waals surface area contributed by atoms with Crippen LogP contribution in [0.1, 0.15) is 30.1 Å². The van der Waals surface area contributed by atoms with E-state index in [0.29, 0.717) is 12.0 Å². The third-order valence-corrected chi connectivity index (χ3v) is 5.87. The van der Waals surface area contributed by atoms with E-state index in [-0.39, 0.29) is 12.4 Å². The lowest BCUT2D eigenvalue weighted by Gasteiger charge is -2.17. The van der Waals surface area contributed by atoms with E-state index >= 15 is 0 Å². The molecule has 3 aromatic rings. The molecule has 5 heteroatoms. The second kappa shape index (κ2) is 7.83. The van der Waals surface area contributed by atoms with Crippen LogP contribution in [0.15, 0.2) is 60.7 Å². The van der Waals surface area contributed by atoms with E-state index < -0.39 is 0 Å². The lowest BCUT2D eigenvalue weighted by molar-refractivity contribution is 0.306. The Hall–Kier alpha value is -2.17. The molecule has 4 nitrogen and oxygen atoms in total. The summed E-state index contributed by atoms with van der Waals surface area (Å²) >= 11 is 0. The minimum atomic E-state index is 0. The highest BCUT2D eigenvalue weighted by atomic mass is 35.5. The lowest BCUT2D eigenvalue weighted by Crippen LogP contribution is -2.22. The van der Waals surface area contributed by atoms with Crippen molar-refractivity contribution in [3.8, 4) is 11.3 Å². The first-order chi connectivity index (χ1) is 12.9. The molecule has 0 amide bonds. The maximum Gasteiger partial charge on any atom is 0.116 e. The van der Waals surface area contributed by atoms with Crippen molar-refractivity contribution >= 4 is 12.4 Å². The topological polar surface area (TPSA) is 34.0 Å². The fourth-order valence-corrected chi connectivity index (χ4v) is 4.64. The number of hydrogen-bond donors (Lipinski definition) is 0. The van der Waals surface area contributed by atoms with Crippen LogP contribution in [0, 0.1) is 5.92 Å². The number of aromatic nitrogens is 3. The summed E-state index contributed by atoms with van der Waals surface area (Å²) in [5.74, 6) is 0.685. The fraction of sp³-hybridized carbons (Fsp3) is 0.364. The monoisotopic (exact) mass is 380 g/mol. The minimum absolute atomic E-state index is 0. The molecular weight excluding hydrogens is 356 g/mol. The number of rotatable bonds is 3. The van der Waals surface area contributed by atoms with Crippen molar-refractivity contribution in [3.05, 3.63) is 71.9 Å². The maximum atomic E-state index is 4.62. The van der Waals surface area contributed by atoms with E-state index in [9.17, 15) is 0 Å². The van der Waals surface area contributed by atoms with E-state index in [2.05, 4.69) is 80.6 Å². The molecule has 5 rings (SSSR count). The zero-order valence-electron chi connectivity index (χ0n) is 15.4. The second-order valence-electron chi connectivity index (χ2n) is 7.59. The zero-order chi connectivity index (χ0) is 17.3. The van der Waals surface area contributed by atoms with E-state index in [4.69, 9.17) is 0 Å². The third kappa shape index (κ3) is 3.52. The predicted octanol–water partition coefficient (Wildman–Crippen LogP) is 4.38. The van der Waals surface area contributed by atoms with Crippen LogP contribution in [0.4, 0.5) is 0 Å². The summed E-state index contributed by atoms with van der Waals surface area (Å²) in [5.41, 5.74) is 4.98. The fourth-order valence-electron chi connectivity index (χ4n) is 4.64. The third-order valence-electron chi connectivity index (χ3n) is 5.87. The summed E-state index contributed by atoms with van der Waals surface area (Å²) < 4.78 is 2.25. The van der Waals surface area contributed by atoms with Crippen LogP contribution in [0.5, 0.6) is 0 Å². The number of hydrogen-bond acceptors (Lipinski definition) is 3. The zero-order valence-corrected chi connectivity index (χ0v) is 16.2. The summed E-state index contributed by atoms with van der Waals surface area (Å²) in [6.07, 6.45) is 3.60. The number of nitrogens with zero attached hydrogens (tertiary/aromatic N) is 4. The van der Waals surface area contributed by atoms with Gasteiger partial charge >= 0.3 is 0 Å². The van der Waals surface area contributed by atoms with Crippen LogP contribution in [-0.4, -0.2) is 33.0 Å². The van der Waals surface area contributed by atoms with Crippen molar-refractivity contribution in [1.29, 1.82) is 0 Å². The van der Waals surface area contributed by atoms with E-state index in [0.717, 1.165) is 25.2 Å². The van der Waals surface area contributed by atoms with Gasteiger partial charge in [0.15, 0.2) is 0 Å². The molecule has 140 valence electrons. The molecule has 1 saturated heterocycles. The van der Waals surface area contributed by atoms with Gasteiger partial charge in [0.05, 0.1) is 11.7 Å². The molecule has 0 bridgehead atoms. The van der Waals surface area contributed by atoms with E-state index in [1.165, 1.54) is 36.2 Å². The quantitative estimate of drug-likeness (QED) is 0.676. The molecule has 0 radical (unpaired) electrons. The van der Waals surface area contributed by atoms with Crippen molar-refractivity contribution in [2.45, 2.75) is 31.8 Å². The number of halogens is 1. The molecule has 2 aliphatic rings. The average Bonchev–Trinajstić information content (AvgIpc) is 3.24. The molecule has 2 aromatic carbocycles. The molecule has 1 aromatic heterocycles. The van der Waals surface area contributed by atoms with Gasteiger partial charge in [0.25, 0.3) is 0 Å². The largest absolute Gasteiger partial charge is 0.297 e. The molecule has 1 fully saturated rings. The van der Waals surface area contributed by atoms with Crippen LogP contribution in [0.2, 0.25) is 0 Å². The van der Waals surface area contributed by atoms with Crippen molar-refractivity contribution in [2.24, 2.45) is 5.92 Å². The lowest BCUT2D eigenvalue weighted by atomic mass is 9.99. The first kappa shape index (κ1) is 18.2. The molecule has 2 atom stereocenters. The Kier molecular flexibility index (Phi) is 5.28. The van der Waals surface area contributed by atoms with Gasteiger partial charge in [-0.05, 0) is 30.7 Å². The predicted molar refractivity (Wildman–Crippen MR) is 110 cm³/mol. The van der Waals surface area contributed by atoms with Gasteiger partial charge in [-0.1, -0.05) is 65.9 Å². The smallest absolute Gasteiger partial charge is 0.116 e. The van der Waals surface area contributed by atoms with Gasteiger partial charge in [0.2, 0.25) is 0 Å². The number of likely N-dealkylation sites (tertiary alicyclic amines) is 1. The molecule has 0 N–H and O–H groups in total. The van der Waals surface area contributed by atoms with Crippen molar-refractivity contribution < 1.29 is 0 Å². The first-order valence-electron chi connectivity index (χ1n) is 9.64. The normalized spacial score (nSPS) is 21.8. The summed E-state index contributed by atoms with van der Waals surface area (Å²) in [6, 6.07) is 21.8. The van der Waals surface area contributed by atoms with E-state index in [1.54, 1.807) is 0 Å². The Morgan fingerprint density at radius 3 is 2.44 bits per heavy atom. The highest BCUT2D eigenvalue weighted by Gasteiger charge is 2.37. The Balaban J connectivity index is 0.00000180. The molecule has 3 heterocycles. The van der Waals surface area contributed by atoms with Crippen LogP contribution < -0.4 is 0 Å². The molecule has 2 aliphatic heterocycles. The van der Waals surface area contributed by atoms with Gasteiger partial charge in [-0.25, -0.2) is 4.68 Å². The maximum absolute atomic E-state index is 4.62. The Bertz CT molecular complexity index is 878. The Morgan fingerprint density at radius 2 is 1.67 bits per heavy atom. The number of fused-ring (bicyclic) bond motifs is 3. The Morgan fingerprint density at radius 1 is 0.926 bits per heavy atom. The van der Waals surface area contributed by atoms with Crippen LogP contribution in [0.3, 0.4) is 0 Å². The Labute approximate surface area is 166 Å². The van der Waals surface area contributed by atoms with Crippen molar-refractivity contribution in [3.63, 3.8) is 0 Å². The summed E-state index contributed by atoms with van der Waals surface area (Å²) in [6.45, 7) is 3.27. The number of benzene rings is 2. The standard InChI is InChI=1S/C22H24N4.ClH/c1-3-8-17(9-4-1)14-25-15-19-12-7-13-20-22(18-10-5-2-6-11-18)23-24-26(20)21(19)16-25;/h1-6,8-11,19,21H,7,12-16H2;1H/t19-,21+;/m1./s1. The van der Waals surface area contributed by atoms with Crippen molar-refractivity contribution in [2.75, 3.05) is 13.1 Å². The summed E-state index contributed by atoms with van der Waals surface area (Å²) in [4.78, 5) is 2.59. The summed E-state index contributed by atoms with van der Waals surface area (Å²) in [7, 11) is 0. The minimum Gasteiger partial charge on any atom is -0.297 e. The highest BCUT2D eigenvalue weighted by molar-refractivity contribution is 5.85. The van der Waals surface area contributed by atoms with Crippen LogP contribution in [-0.2, 0) is 13.0 Å². The summed E-state index contributed by atoms with van der Waals surface area (Å²) in [5, 5.41) is 9.19. The van der Waals surface area contributed by atoms with Crippen LogP contribution in [0.25, 0.3) is 11.3 Å². The van der Waals surface area contributed by atoms with E-state index in [1.807, 2.05) is 0 Å². The molecule has 0 saturated carbocycles. The average molecular weight is 381 g/mol. The molecule has 27 heavy (non-hydrogen) atoms. The molecule has 0 spiro atoms. The van der Waals surface area contributed by atoms with Gasteiger partial charge in [-0.3, -0.25) is 4.90 Å².